The lowest BCUT2D eigenvalue weighted by atomic mass is 10.1. The van der Waals surface area contributed by atoms with E-state index in [0.717, 1.165) is 12.0 Å². The summed E-state index contributed by atoms with van der Waals surface area (Å²) in [6.45, 7) is 0.303. The molecule has 1 aliphatic rings. The van der Waals surface area contributed by atoms with Gasteiger partial charge in [0.1, 0.15) is 10.6 Å². The van der Waals surface area contributed by atoms with Crippen molar-refractivity contribution in [3.63, 3.8) is 0 Å². The summed E-state index contributed by atoms with van der Waals surface area (Å²) < 4.78 is 14.4. The highest BCUT2D eigenvalue weighted by molar-refractivity contribution is 7.16. The molecule has 0 saturated heterocycles. The number of fused-ring (bicyclic) bond motifs is 1. The number of hydrogen-bond donors (Lipinski definition) is 1. The number of aromatic nitrogens is 2. The van der Waals surface area contributed by atoms with E-state index in [9.17, 15) is 14.0 Å². The number of nitrogens with zero attached hydrogens (tertiary/aromatic N) is 2. The Hall–Kier alpha value is -2.54. The zero-order valence-electron chi connectivity index (χ0n) is 13.3. The average molecular weight is 357 g/mol. The molecule has 1 aromatic carbocycles. The lowest BCUT2D eigenvalue weighted by Gasteiger charge is -2.07. The SMILES string of the molecule is O=C(CCn1cnc2sccc2c1=O)NC1CC1c1ccc(F)cc1. The van der Waals surface area contributed by atoms with E-state index < -0.39 is 0 Å². The molecule has 1 saturated carbocycles. The first-order valence-electron chi connectivity index (χ1n) is 8.09. The molecule has 2 aromatic heterocycles. The number of aryl methyl sites for hydroxylation is 1. The van der Waals surface area contributed by atoms with Crippen LogP contribution in [-0.4, -0.2) is 21.5 Å². The number of rotatable bonds is 5. The lowest BCUT2D eigenvalue weighted by molar-refractivity contribution is -0.121. The average Bonchev–Trinajstić information content (AvgIpc) is 3.18. The minimum absolute atomic E-state index is 0.0900. The Labute approximate surface area is 147 Å². The van der Waals surface area contributed by atoms with Gasteiger partial charge in [0.05, 0.1) is 11.7 Å². The predicted octanol–water partition coefficient (Wildman–Crippen LogP) is 2.66. The van der Waals surface area contributed by atoms with Gasteiger partial charge in [-0.15, -0.1) is 11.3 Å². The summed E-state index contributed by atoms with van der Waals surface area (Å²) in [7, 11) is 0. The number of hydrogen-bond acceptors (Lipinski definition) is 4. The molecule has 3 aromatic rings. The topological polar surface area (TPSA) is 64.0 Å². The molecule has 128 valence electrons. The molecule has 0 bridgehead atoms. The first-order valence-corrected chi connectivity index (χ1v) is 8.97. The molecule has 2 unspecified atom stereocenters. The largest absolute Gasteiger partial charge is 0.353 e. The van der Waals surface area contributed by atoms with Gasteiger partial charge in [0, 0.05) is 24.9 Å². The Morgan fingerprint density at radius 3 is 2.92 bits per heavy atom. The number of thiophene rings is 1. The van der Waals surface area contributed by atoms with Crippen LogP contribution < -0.4 is 10.9 Å². The number of amides is 1. The second kappa shape index (κ2) is 6.40. The van der Waals surface area contributed by atoms with Crippen molar-refractivity contribution >= 4 is 27.5 Å². The number of carbonyl (C=O) groups excluding carboxylic acids is 1. The molecule has 0 spiro atoms. The zero-order chi connectivity index (χ0) is 17.4. The molecular weight excluding hydrogens is 341 g/mol. The number of nitrogens with one attached hydrogen (secondary N) is 1. The Morgan fingerprint density at radius 2 is 2.12 bits per heavy atom. The van der Waals surface area contributed by atoms with Crippen molar-refractivity contribution in [1.82, 2.24) is 14.9 Å². The summed E-state index contributed by atoms with van der Waals surface area (Å²) in [4.78, 5) is 29.3. The van der Waals surface area contributed by atoms with E-state index in [1.807, 2.05) is 5.38 Å². The van der Waals surface area contributed by atoms with Crippen LogP contribution in [0, 0.1) is 5.82 Å². The summed E-state index contributed by atoms with van der Waals surface area (Å²) in [5.74, 6) is -0.102. The second-order valence-electron chi connectivity index (χ2n) is 6.20. The fourth-order valence-electron chi connectivity index (χ4n) is 2.99. The smallest absolute Gasteiger partial charge is 0.262 e. The van der Waals surface area contributed by atoms with Crippen LogP contribution in [0.2, 0.25) is 0 Å². The van der Waals surface area contributed by atoms with Crippen LogP contribution in [0.3, 0.4) is 0 Å². The Bertz CT molecular complexity index is 980. The van der Waals surface area contributed by atoms with Gasteiger partial charge in [-0.3, -0.25) is 14.2 Å². The van der Waals surface area contributed by atoms with Crippen molar-refractivity contribution < 1.29 is 9.18 Å². The highest BCUT2D eigenvalue weighted by Crippen LogP contribution is 2.40. The summed E-state index contributed by atoms with van der Waals surface area (Å²) in [5, 5.41) is 5.39. The third-order valence-electron chi connectivity index (χ3n) is 4.47. The van der Waals surface area contributed by atoms with Gasteiger partial charge < -0.3 is 5.32 Å². The van der Waals surface area contributed by atoms with Crippen LogP contribution in [0.5, 0.6) is 0 Å². The molecule has 1 amide bonds. The van der Waals surface area contributed by atoms with Gasteiger partial charge in [-0.25, -0.2) is 9.37 Å². The molecule has 0 radical (unpaired) electrons. The maximum Gasteiger partial charge on any atom is 0.262 e. The molecule has 1 fully saturated rings. The van der Waals surface area contributed by atoms with Crippen molar-refractivity contribution in [3.8, 4) is 0 Å². The summed E-state index contributed by atoms with van der Waals surface area (Å²) in [6, 6.07) is 8.23. The molecule has 4 rings (SSSR count). The highest BCUT2D eigenvalue weighted by Gasteiger charge is 2.39. The molecule has 2 heterocycles. The molecule has 1 N–H and O–H groups in total. The van der Waals surface area contributed by atoms with E-state index in [2.05, 4.69) is 10.3 Å². The molecule has 25 heavy (non-hydrogen) atoms. The first-order chi connectivity index (χ1) is 12.1. The van der Waals surface area contributed by atoms with E-state index in [1.54, 1.807) is 18.2 Å². The number of halogens is 1. The van der Waals surface area contributed by atoms with E-state index in [4.69, 9.17) is 0 Å². The standard InChI is InChI=1S/C18H16FN3O2S/c19-12-3-1-11(2-4-12)14-9-15(14)21-16(23)5-7-22-10-20-17-13(18(22)24)6-8-25-17/h1-4,6,8,10,14-15H,5,7,9H2,(H,21,23). The Kier molecular flexibility index (Phi) is 4.09. The van der Waals surface area contributed by atoms with Crippen molar-refractivity contribution in [2.24, 2.45) is 0 Å². The fraction of sp³-hybridized carbons (Fsp3) is 0.278. The summed E-state index contributed by atoms with van der Waals surface area (Å²) in [5.41, 5.74) is 0.921. The number of carbonyl (C=O) groups is 1. The van der Waals surface area contributed by atoms with Crippen molar-refractivity contribution in [1.29, 1.82) is 0 Å². The predicted molar refractivity (Wildman–Crippen MR) is 94.2 cm³/mol. The monoisotopic (exact) mass is 357 g/mol. The highest BCUT2D eigenvalue weighted by atomic mass is 32.1. The molecule has 5 nitrogen and oxygen atoms in total. The van der Waals surface area contributed by atoms with Gasteiger partial charge in [-0.1, -0.05) is 12.1 Å². The minimum Gasteiger partial charge on any atom is -0.353 e. The van der Waals surface area contributed by atoms with Crippen LogP contribution in [-0.2, 0) is 11.3 Å². The van der Waals surface area contributed by atoms with Crippen molar-refractivity contribution in [2.45, 2.75) is 31.3 Å². The van der Waals surface area contributed by atoms with Gasteiger partial charge in [0.2, 0.25) is 5.91 Å². The maximum absolute atomic E-state index is 12.9. The molecular formula is C18H16FN3O2S. The molecule has 1 aliphatic carbocycles. The van der Waals surface area contributed by atoms with Gasteiger partial charge in [0.25, 0.3) is 5.56 Å². The van der Waals surface area contributed by atoms with E-state index >= 15 is 0 Å². The van der Waals surface area contributed by atoms with Crippen molar-refractivity contribution in [3.05, 3.63) is 63.8 Å². The van der Waals surface area contributed by atoms with Crippen LogP contribution >= 0.6 is 11.3 Å². The Balaban J connectivity index is 1.33. The summed E-state index contributed by atoms with van der Waals surface area (Å²) in [6.07, 6.45) is 2.58. The van der Waals surface area contributed by atoms with Crippen LogP contribution in [0.4, 0.5) is 4.39 Å². The quantitative estimate of drug-likeness (QED) is 0.764. The van der Waals surface area contributed by atoms with Gasteiger partial charge >= 0.3 is 0 Å². The second-order valence-corrected chi connectivity index (χ2v) is 7.09. The molecule has 0 aliphatic heterocycles. The maximum atomic E-state index is 12.9. The fourth-order valence-corrected chi connectivity index (χ4v) is 3.71. The molecule has 7 heteroatoms. The van der Waals surface area contributed by atoms with E-state index in [0.29, 0.717) is 16.8 Å². The van der Waals surface area contributed by atoms with Crippen LogP contribution in [0.1, 0.15) is 24.3 Å². The lowest BCUT2D eigenvalue weighted by Crippen LogP contribution is -2.29. The normalized spacial score (nSPS) is 19.1. The van der Waals surface area contributed by atoms with Gasteiger partial charge in [-0.05, 0) is 35.6 Å². The first kappa shape index (κ1) is 16.0. The van der Waals surface area contributed by atoms with Gasteiger partial charge in [0.15, 0.2) is 0 Å². The number of benzene rings is 1. The third kappa shape index (κ3) is 3.32. The van der Waals surface area contributed by atoms with E-state index in [1.165, 1.54) is 34.4 Å². The third-order valence-corrected chi connectivity index (χ3v) is 5.29. The Morgan fingerprint density at radius 1 is 1.32 bits per heavy atom. The van der Waals surface area contributed by atoms with Crippen LogP contribution in [0.15, 0.2) is 46.8 Å². The zero-order valence-corrected chi connectivity index (χ0v) is 14.1. The van der Waals surface area contributed by atoms with Gasteiger partial charge in [-0.2, -0.15) is 0 Å². The minimum atomic E-state index is -0.258. The van der Waals surface area contributed by atoms with E-state index in [-0.39, 0.29) is 35.7 Å². The molecule has 2 atom stereocenters. The summed E-state index contributed by atoms with van der Waals surface area (Å²) >= 11 is 1.42. The van der Waals surface area contributed by atoms with Crippen molar-refractivity contribution in [2.75, 3.05) is 0 Å². The van der Waals surface area contributed by atoms with Crippen LogP contribution in [0.25, 0.3) is 10.2 Å².